The van der Waals surface area contributed by atoms with E-state index in [4.69, 9.17) is 0 Å². The molecule has 1 N–H and O–H groups in total. The normalized spacial score (nSPS) is 10.9. The predicted octanol–water partition coefficient (Wildman–Crippen LogP) is 4.63. The van der Waals surface area contributed by atoms with Gasteiger partial charge in [0, 0.05) is 12.6 Å². The first-order valence-corrected chi connectivity index (χ1v) is 7.70. The summed E-state index contributed by atoms with van der Waals surface area (Å²) in [6, 6.07) is 8.49. The van der Waals surface area contributed by atoms with Crippen molar-refractivity contribution in [3.63, 3.8) is 0 Å². The number of halogens is 1. The van der Waals surface area contributed by atoms with Crippen molar-refractivity contribution in [3.05, 3.63) is 40.0 Å². The smallest absolute Gasteiger partial charge is 0.161 e. The van der Waals surface area contributed by atoms with Crippen LogP contribution in [-0.4, -0.2) is 17.0 Å². The maximum Gasteiger partial charge on any atom is 0.161 e. The number of aromatic nitrogens is 2. The molecule has 2 aromatic rings. The van der Waals surface area contributed by atoms with E-state index in [1.807, 2.05) is 7.05 Å². The molecular formula is C16H20BrN3. The third-order valence-electron chi connectivity index (χ3n) is 3.33. The van der Waals surface area contributed by atoms with Crippen LogP contribution < -0.4 is 5.32 Å². The fourth-order valence-electron chi connectivity index (χ4n) is 2.04. The molecule has 0 saturated carbocycles. The van der Waals surface area contributed by atoms with Crippen molar-refractivity contribution in [1.82, 2.24) is 9.97 Å². The summed E-state index contributed by atoms with van der Waals surface area (Å²) in [5.74, 6) is 2.14. The molecular weight excluding hydrogens is 314 g/mol. The third-order valence-corrected chi connectivity index (χ3v) is 4.16. The molecule has 0 unspecified atom stereocenters. The maximum atomic E-state index is 4.65. The van der Waals surface area contributed by atoms with Crippen LogP contribution in [0.3, 0.4) is 0 Å². The number of anilines is 1. The van der Waals surface area contributed by atoms with Crippen molar-refractivity contribution in [2.24, 2.45) is 0 Å². The van der Waals surface area contributed by atoms with E-state index >= 15 is 0 Å². The number of hydrogen-bond donors (Lipinski definition) is 1. The fourth-order valence-corrected chi connectivity index (χ4v) is 2.70. The minimum Gasteiger partial charge on any atom is -0.372 e. The SMILES string of the molecule is CCc1nc(-c2ccc(C(C)C)cc2)nc(NC)c1Br. The standard InChI is InChI=1S/C16H20BrN3/c1-5-13-14(17)16(18-4)20-15(19-13)12-8-6-11(7-9-12)10(2)3/h6-10H,5H2,1-4H3,(H,18,19,20). The van der Waals surface area contributed by atoms with Crippen molar-refractivity contribution in [1.29, 1.82) is 0 Å². The summed E-state index contributed by atoms with van der Waals surface area (Å²) >= 11 is 3.55. The molecule has 3 nitrogen and oxygen atoms in total. The van der Waals surface area contributed by atoms with E-state index in [0.29, 0.717) is 5.92 Å². The largest absolute Gasteiger partial charge is 0.372 e. The molecule has 0 saturated heterocycles. The van der Waals surface area contributed by atoms with E-state index in [1.54, 1.807) is 0 Å². The van der Waals surface area contributed by atoms with Crippen LogP contribution in [0.1, 0.15) is 37.9 Å². The van der Waals surface area contributed by atoms with Crippen molar-refractivity contribution in [3.8, 4) is 11.4 Å². The van der Waals surface area contributed by atoms with E-state index in [9.17, 15) is 0 Å². The second-order valence-electron chi connectivity index (χ2n) is 5.04. The van der Waals surface area contributed by atoms with E-state index in [-0.39, 0.29) is 0 Å². The highest BCUT2D eigenvalue weighted by Crippen LogP contribution is 2.28. The maximum absolute atomic E-state index is 4.65. The molecule has 1 heterocycles. The highest BCUT2D eigenvalue weighted by atomic mass is 79.9. The van der Waals surface area contributed by atoms with Crippen molar-refractivity contribution in [2.75, 3.05) is 12.4 Å². The highest BCUT2D eigenvalue weighted by molar-refractivity contribution is 9.10. The third kappa shape index (κ3) is 3.01. The summed E-state index contributed by atoms with van der Waals surface area (Å²) in [6.45, 7) is 6.48. The Balaban J connectivity index is 2.46. The lowest BCUT2D eigenvalue weighted by Crippen LogP contribution is -2.02. The Labute approximate surface area is 129 Å². The predicted molar refractivity (Wildman–Crippen MR) is 88.2 cm³/mol. The van der Waals surface area contributed by atoms with E-state index in [2.05, 4.69) is 76.3 Å². The molecule has 0 aliphatic rings. The fraction of sp³-hybridized carbons (Fsp3) is 0.375. The van der Waals surface area contributed by atoms with Crippen LogP contribution in [0.4, 0.5) is 5.82 Å². The second-order valence-corrected chi connectivity index (χ2v) is 5.83. The van der Waals surface area contributed by atoms with E-state index < -0.39 is 0 Å². The molecule has 0 radical (unpaired) electrons. The molecule has 1 aromatic carbocycles. The van der Waals surface area contributed by atoms with Gasteiger partial charge in [-0.2, -0.15) is 0 Å². The summed E-state index contributed by atoms with van der Waals surface area (Å²) in [5, 5.41) is 3.11. The van der Waals surface area contributed by atoms with Gasteiger partial charge in [-0.1, -0.05) is 45.0 Å². The number of benzene rings is 1. The quantitative estimate of drug-likeness (QED) is 0.886. The van der Waals surface area contributed by atoms with Gasteiger partial charge in [-0.05, 0) is 33.8 Å². The van der Waals surface area contributed by atoms with Gasteiger partial charge in [0.15, 0.2) is 5.82 Å². The lowest BCUT2D eigenvalue weighted by Gasteiger charge is -2.11. The zero-order valence-corrected chi connectivity index (χ0v) is 14.0. The second kappa shape index (κ2) is 6.35. The Hall–Kier alpha value is -1.42. The molecule has 1 aromatic heterocycles. The molecule has 106 valence electrons. The van der Waals surface area contributed by atoms with Gasteiger partial charge in [-0.15, -0.1) is 0 Å². The molecule has 0 bridgehead atoms. The summed E-state index contributed by atoms with van der Waals surface area (Å²) in [4.78, 5) is 9.22. The van der Waals surface area contributed by atoms with Crippen molar-refractivity contribution < 1.29 is 0 Å². The molecule has 2 rings (SSSR count). The first-order valence-electron chi connectivity index (χ1n) is 6.91. The molecule has 4 heteroatoms. The van der Waals surface area contributed by atoms with Crippen LogP contribution in [0.15, 0.2) is 28.7 Å². The minimum atomic E-state index is 0.536. The zero-order chi connectivity index (χ0) is 14.7. The van der Waals surface area contributed by atoms with Crippen molar-refractivity contribution >= 4 is 21.7 Å². The van der Waals surface area contributed by atoms with Crippen LogP contribution in [0.25, 0.3) is 11.4 Å². The Bertz CT molecular complexity index is 566. The van der Waals surface area contributed by atoms with Crippen LogP contribution in [0.5, 0.6) is 0 Å². The van der Waals surface area contributed by atoms with Crippen LogP contribution in [0.2, 0.25) is 0 Å². The Morgan fingerprint density at radius 2 is 1.80 bits per heavy atom. The molecule has 20 heavy (non-hydrogen) atoms. The van der Waals surface area contributed by atoms with Gasteiger partial charge in [0.2, 0.25) is 0 Å². The number of nitrogens with zero attached hydrogens (tertiary/aromatic N) is 2. The molecule has 0 aliphatic carbocycles. The van der Waals surface area contributed by atoms with Crippen LogP contribution in [0, 0.1) is 0 Å². The number of rotatable bonds is 4. The average Bonchev–Trinajstić information content (AvgIpc) is 2.47. The van der Waals surface area contributed by atoms with Gasteiger partial charge in [-0.3, -0.25) is 0 Å². The lowest BCUT2D eigenvalue weighted by atomic mass is 10.0. The van der Waals surface area contributed by atoms with E-state index in [0.717, 1.165) is 33.8 Å². The summed E-state index contributed by atoms with van der Waals surface area (Å²) < 4.78 is 0.949. The van der Waals surface area contributed by atoms with Crippen LogP contribution in [-0.2, 0) is 6.42 Å². The molecule has 0 amide bonds. The van der Waals surface area contributed by atoms with Gasteiger partial charge >= 0.3 is 0 Å². The molecule has 0 atom stereocenters. The summed E-state index contributed by atoms with van der Waals surface area (Å²) in [7, 11) is 1.87. The number of hydrogen-bond acceptors (Lipinski definition) is 3. The van der Waals surface area contributed by atoms with Gasteiger partial charge < -0.3 is 5.32 Å². The summed E-state index contributed by atoms with van der Waals surface area (Å²) in [5.41, 5.74) is 3.40. The molecule has 0 spiro atoms. The van der Waals surface area contributed by atoms with E-state index in [1.165, 1.54) is 5.56 Å². The zero-order valence-electron chi connectivity index (χ0n) is 12.4. The Morgan fingerprint density at radius 1 is 1.15 bits per heavy atom. The molecule has 0 aliphatic heterocycles. The highest BCUT2D eigenvalue weighted by Gasteiger charge is 2.11. The first-order chi connectivity index (χ1) is 9.56. The Kier molecular flexibility index (Phi) is 4.76. The van der Waals surface area contributed by atoms with Gasteiger partial charge in [0.1, 0.15) is 5.82 Å². The average molecular weight is 334 g/mol. The first kappa shape index (κ1) is 15.0. The van der Waals surface area contributed by atoms with Crippen molar-refractivity contribution in [2.45, 2.75) is 33.1 Å². The molecule has 0 fully saturated rings. The van der Waals surface area contributed by atoms with Gasteiger partial charge in [0.05, 0.1) is 10.2 Å². The number of nitrogens with one attached hydrogen (secondary N) is 1. The number of aryl methyl sites for hydroxylation is 1. The van der Waals surface area contributed by atoms with Gasteiger partial charge in [0.25, 0.3) is 0 Å². The van der Waals surface area contributed by atoms with Crippen LogP contribution >= 0.6 is 15.9 Å². The monoisotopic (exact) mass is 333 g/mol. The topological polar surface area (TPSA) is 37.8 Å². The lowest BCUT2D eigenvalue weighted by molar-refractivity contribution is 0.866. The van der Waals surface area contributed by atoms with Gasteiger partial charge in [-0.25, -0.2) is 9.97 Å². The Morgan fingerprint density at radius 3 is 2.30 bits per heavy atom. The summed E-state index contributed by atoms with van der Waals surface area (Å²) in [6.07, 6.45) is 0.870. The minimum absolute atomic E-state index is 0.536.